The van der Waals surface area contributed by atoms with E-state index in [0.717, 1.165) is 0 Å². The van der Waals surface area contributed by atoms with Gasteiger partial charge < -0.3 is 10.5 Å². The molecule has 1 heterocycles. The Bertz CT molecular complexity index is 302. The van der Waals surface area contributed by atoms with Crippen LogP contribution in [0.15, 0.2) is 6.20 Å². The van der Waals surface area contributed by atoms with Gasteiger partial charge in [-0.1, -0.05) is 5.21 Å². The van der Waals surface area contributed by atoms with E-state index in [0.29, 0.717) is 19.0 Å². The summed E-state index contributed by atoms with van der Waals surface area (Å²) in [7, 11) is 0. The Kier molecular flexibility index (Phi) is 3.23. The zero-order valence-electron chi connectivity index (χ0n) is 7.34. The molecule has 0 radical (unpaired) electrons. The Morgan fingerprint density at radius 2 is 2.62 bits per heavy atom. The minimum absolute atomic E-state index is 0.383. The average Bonchev–Trinajstić information content (AvgIpc) is 2.51. The molecule has 0 saturated carbocycles. The minimum Gasteiger partial charge on any atom is -0.381 e. The number of anilines is 1. The van der Waals surface area contributed by atoms with Crippen molar-refractivity contribution in [2.45, 2.75) is 19.6 Å². The van der Waals surface area contributed by atoms with Gasteiger partial charge in [0.05, 0.1) is 25.4 Å². The van der Waals surface area contributed by atoms with Crippen LogP contribution in [0.5, 0.6) is 0 Å². The summed E-state index contributed by atoms with van der Waals surface area (Å²) in [6, 6.07) is 1.96. The third-order valence-corrected chi connectivity index (χ3v) is 1.43. The zero-order chi connectivity index (χ0) is 9.68. The maximum absolute atomic E-state index is 8.41. The molecule has 1 rings (SSSR count). The van der Waals surface area contributed by atoms with Crippen LogP contribution in [0.1, 0.15) is 6.92 Å². The molecule has 6 nitrogen and oxygen atoms in total. The normalized spacial score (nSPS) is 12.3. The first kappa shape index (κ1) is 9.48. The van der Waals surface area contributed by atoms with Crippen LogP contribution in [0.2, 0.25) is 0 Å². The van der Waals surface area contributed by atoms with Gasteiger partial charge in [0.25, 0.3) is 0 Å². The van der Waals surface area contributed by atoms with Crippen molar-refractivity contribution >= 4 is 5.82 Å². The summed E-state index contributed by atoms with van der Waals surface area (Å²) in [4.78, 5) is 0. The number of hydrogen-bond donors (Lipinski definition) is 1. The second-order valence-corrected chi connectivity index (χ2v) is 2.55. The summed E-state index contributed by atoms with van der Waals surface area (Å²) >= 11 is 0. The van der Waals surface area contributed by atoms with E-state index < -0.39 is 0 Å². The molecular formula is C7H11N5O. The summed E-state index contributed by atoms with van der Waals surface area (Å²) in [5, 5.41) is 15.7. The first-order valence-corrected chi connectivity index (χ1v) is 3.89. The molecular weight excluding hydrogens is 170 g/mol. The molecule has 1 aromatic heterocycles. The predicted octanol–water partition coefficient (Wildman–Crippen LogP) is -0.211. The Morgan fingerprint density at radius 1 is 1.85 bits per heavy atom. The number of rotatable bonds is 4. The Labute approximate surface area is 75.9 Å². The molecule has 70 valence electrons. The highest BCUT2D eigenvalue weighted by Gasteiger charge is 1.99. The van der Waals surface area contributed by atoms with Crippen molar-refractivity contribution in [3.05, 3.63) is 6.20 Å². The maximum Gasteiger partial charge on any atom is 0.165 e. The van der Waals surface area contributed by atoms with Gasteiger partial charge in [-0.2, -0.15) is 5.26 Å². The highest BCUT2D eigenvalue weighted by atomic mass is 16.5. The van der Waals surface area contributed by atoms with Crippen LogP contribution in [-0.4, -0.2) is 27.7 Å². The van der Waals surface area contributed by atoms with E-state index in [-0.39, 0.29) is 6.10 Å². The molecule has 2 N–H and O–H groups in total. The quantitative estimate of drug-likeness (QED) is 0.694. The van der Waals surface area contributed by atoms with Gasteiger partial charge in [0.1, 0.15) is 6.10 Å². The third kappa shape index (κ3) is 3.09. The van der Waals surface area contributed by atoms with Crippen molar-refractivity contribution in [2.24, 2.45) is 0 Å². The molecule has 0 bridgehead atoms. The summed E-state index contributed by atoms with van der Waals surface area (Å²) < 4.78 is 6.68. The topological polar surface area (TPSA) is 89.8 Å². The molecule has 6 heteroatoms. The van der Waals surface area contributed by atoms with E-state index in [4.69, 9.17) is 15.7 Å². The van der Waals surface area contributed by atoms with Gasteiger partial charge in [-0.05, 0) is 6.92 Å². The first-order chi connectivity index (χ1) is 6.22. The van der Waals surface area contributed by atoms with Crippen molar-refractivity contribution in [3.8, 4) is 6.07 Å². The lowest BCUT2D eigenvalue weighted by molar-refractivity contribution is 0.0928. The van der Waals surface area contributed by atoms with Gasteiger partial charge in [-0.3, -0.25) is 0 Å². The van der Waals surface area contributed by atoms with Gasteiger partial charge in [0.2, 0.25) is 0 Å². The van der Waals surface area contributed by atoms with E-state index in [9.17, 15) is 0 Å². The van der Waals surface area contributed by atoms with E-state index in [1.807, 2.05) is 6.07 Å². The molecule has 0 saturated heterocycles. The van der Waals surface area contributed by atoms with Crippen molar-refractivity contribution in [3.63, 3.8) is 0 Å². The average molecular weight is 181 g/mol. The standard InChI is InChI=1S/C7H11N5O/c1-6(4-8)13-3-2-12-5-7(9)10-11-12/h5-6H,2-3,9H2,1H3. The second kappa shape index (κ2) is 4.42. The smallest absolute Gasteiger partial charge is 0.165 e. The lowest BCUT2D eigenvalue weighted by Crippen LogP contribution is -2.12. The molecule has 1 unspecified atom stereocenters. The number of nitrogens with two attached hydrogens (primary N) is 1. The molecule has 0 aliphatic rings. The molecule has 0 aliphatic carbocycles. The molecule has 13 heavy (non-hydrogen) atoms. The summed E-state index contributed by atoms with van der Waals surface area (Å²) in [5.74, 6) is 0.383. The molecule has 0 amide bonds. The summed E-state index contributed by atoms with van der Waals surface area (Å²) in [6.07, 6.45) is 1.22. The van der Waals surface area contributed by atoms with Crippen LogP contribution < -0.4 is 5.73 Å². The predicted molar refractivity (Wildman–Crippen MR) is 45.5 cm³/mol. The Balaban J connectivity index is 2.25. The highest BCUT2D eigenvalue weighted by molar-refractivity contribution is 5.19. The fourth-order valence-corrected chi connectivity index (χ4v) is 0.783. The summed E-state index contributed by atoms with van der Waals surface area (Å²) in [6.45, 7) is 2.67. The van der Waals surface area contributed by atoms with Crippen molar-refractivity contribution in [2.75, 3.05) is 12.3 Å². The molecule has 1 aromatic rings. The number of nitrogens with zero attached hydrogens (tertiary/aromatic N) is 4. The first-order valence-electron chi connectivity index (χ1n) is 3.89. The van der Waals surface area contributed by atoms with Crippen LogP contribution in [0.3, 0.4) is 0 Å². The lowest BCUT2D eigenvalue weighted by Gasteiger charge is -2.03. The largest absolute Gasteiger partial charge is 0.381 e. The van der Waals surface area contributed by atoms with Crippen molar-refractivity contribution in [1.29, 1.82) is 5.26 Å². The van der Waals surface area contributed by atoms with Crippen LogP contribution >= 0.6 is 0 Å². The van der Waals surface area contributed by atoms with Gasteiger partial charge in [-0.15, -0.1) is 5.10 Å². The van der Waals surface area contributed by atoms with Crippen LogP contribution in [0.25, 0.3) is 0 Å². The van der Waals surface area contributed by atoms with Crippen LogP contribution in [0, 0.1) is 11.3 Å². The number of nitriles is 1. The zero-order valence-corrected chi connectivity index (χ0v) is 7.34. The van der Waals surface area contributed by atoms with Crippen molar-refractivity contribution < 1.29 is 4.74 Å². The van der Waals surface area contributed by atoms with Crippen LogP contribution in [-0.2, 0) is 11.3 Å². The van der Waals surface area contributed by atoms with Crippen molar-refractivity contribution in [1.82, 2.24) is 15.0 Å². The Hall–Kier alpha value is -1.61. The minimum atomic E-state index is -0.388. The van der Waals surface area contributed by atoms with E-state index in [2.05, 4.69) is 10.3 Å². The second-order valence-electron chi connectivity index (χ2n) is 2.55. The number of nitrogen functional groups attached to an aromatic ring is 1. The highest BCUT2D eigenvalue weighted by Crippen LogP contribution is 1.93. The molecule has 0 fully saturated rings. The summed E-state index contributed by atoms with van der Waals surface area (Å²) in [5.41, 5.74) is 5.35. The van der Waals surface area contributed by atoms with Gasteiger partial charge >= 0.3 is 0 Å². The lowest BCUT2D eigenvalue weighted by atomic mass is 10.5. The molecule has 1 atom stereocenters. The van der Waals surface area contributed by atoms with E-state index in [1.165, 1.54) is 0 Å². The van der Waals surface area contributed by atoms with Crippen LogP contribution in [0.4, 0.5) is 5.82 Å². The Morgan fingerprint density at radius 3 is 3.15 bits per heavy atom. The monoisotopic (exact) mass is 181 g/mol. The SMILES string of the molecule is CC(C#N)OCCn1cc(N)nn1. The van der Waals surface area contributed by atoms with E-state index in [1.54, 1.807) is 17.8 Å². The fraction of sp³-hybridized carbons (Fsp3) is 0.571. The number of ether oxygens (including phenoxy) is 1. The molecule has 0 spiro atoms. The third-order valence-electron chi connectivity index (χ3n) is 1.43. The molecule has 0 aromatic carbocycles. The molecule has 0 aliphatic heterocycles. The maximum atomic E-state index is 8.41. The van der Waals surface area contributed by atoms with Gasteiger partial charge in [-0.25, -0.2) is 4.68 Å². The van der Waals surface area contributed by atoms with Gasteiger partial charge in [0.15, 0.2) is 5.82 Å². The van der Waals surface area contributed by atoms with E-state index >= 15 is 0 Å². The van der Waals surface area contributed by atoms with Gasteiger partial charge in [0, 0.05) is 0 Å². The number of hydrogen-bond acceptors (Lipinski definition) is 5. The number of aromatic nitrogens is 3. The fourth-order valence-electron chi connectivity index (χ4n) is 0.783.